The van der Waals surface area contributed by atoms with Gasteiger partial charge in [0.25, 0.3) is 5.91 Å². The summed E-state index contributed by atoms with van der Waals surface area (Å²) in [5, 5.41) is 4.67. The van der Waals surface area contributed by atoms with Crippen molar-refractivity contribution < 1.29 is 19.0 Å². The summed E-state index contributed by atoms with van der Waals surface area (Å²) in [6, 6.07) is 14.2. The van der Waals surface area contributed by atoms with Crippen molar-refractivity contribution in [2.24, 2.45) is 5.92 Å². The number of amides is 1. The molecule has 39 heavy (non-hydrogen) atoms. The van der Waals surface area contributed by atoms with Crippen molar-refractivity contribution in [2.45, 2.75) is 70.4 Å². The molecule has 2 fully saturated rings. The number of halogens is 1. The summed E-state index contributed by atoms with van der Waals surface area (Å²) >= 11 is 8.15. The zero-order valence-corrected chi connectivity index (χ0v) is 24.1. The van der Waals surface area contributed by atoms with Crippen LogP contribution in [-0.2, 0) is 6.54 Å². The molecular formula is C30H34ClN3O4S. The van der Waals surface area contributed by atoms with E-state index in [1.54, 1.807) is 19.2 Å². The number of benzene rings is 2. The molecule has 1 amide bonds. The second-order valence-corrected chi connectivity index (χ2v) is 12.8. The molecule has 7 nitrogen and oxygen atoms in total. The normalized spacial score (nSPS) is 22.9. The highest BCUT2D eigenvalue weighted by Crippen LogP contribution is 2.47. The van der Waals surface area contributed by atoms with Gasteiger partial charge in [0, 0.05) is 43.6 Å². The second kappa shape index (κ2) is 10.6. The number of aromatic nitrogens is 1. The number of nitrogens with one attached hydrogen (secondary N) is 1. The van der Waals surface area contributed by atoms with E-state index in [9.17, 15) is 4.79 Å². The van der Waals surface area contributed by atoms with Crippen molar-refractivity contribution in [1.29, 1.82) is 0 Å². The molecule has 2 aromatic carbocycles. The van der Waals surface area contributed by atoms with Gasteiger partial charge < -0.3 is 24.4 Å². The lowest BCUT2D eigenvalue weighted by molar-refractivity contribution is -0.0439. The molecule has 206 valence electrons. The van der Waals surface area contributed by atoms with Crippen LogP contribution in [0.15, 0.2) is 42.5 Å². The largest absolute Gasteiger partial charge is 0.493 e. The number of thiazole rings is 1. The first-order valence-electron chi connectivity index (χ1n) is 13.7. The van der Waals surface area contributed by atoms with Crippen molar-refractivity contribution >= 4 is 28.8 Å². The topological polar surface area (TPSA) is 72.9 Å². The Hall–Kier alpha value is -2.81. The van der Waals surface area contributed by atoms with Crippen LogP contribution in [0.1, 0.15) is 62.0 Å². The molecule has 6 rings (SSSR count). The molecule has 3 aliphatic rings. The zero-order chi connectivity index (χ0) is 27.1. The van der Waals surface area contributed by atoms with Crippen LogP contribution in [0.4, 0.5) is 0 Å². The third kappa shape index (κ3) is 5.47. The number of fused-ring (bicyclic) bond motifs is 2. The summed E-state index contributed by atoms with van der Waals surface area (Å²) in [6.07, 6.45) is 6.11. The number of ether oxygens (including phenoxy) is 3. The molecule has 1 N–H and O–H groups in total. The van der Waals surface area contributed by atoms with Gasteiger partial charge in [-0.25, -0.2) is 4.98 Å². The molecule has 0 spiro atoms. The van der Waals surface area contributed by atoms with E-state index >= 15 is 0 Å². The van der Waals surface area contributed by atoms with Crippen molar-refractivity contribution in [3.8, 4) is 27.8 Å². The quantitative estimate of drug-likeness (QED) is 0.349. The highest BCUT2D eigenvalue weighted by molar-refractivity contribution is 7.19. The van der Waals surface area contributed by atoms with Crippen LogP contribution >= 0.6 is 22.9 Å². The predicted octanol–water partition coefficient (Wildman–Crippen LogP) is 6.54. The van der Waals surface area contributed by atoms with Crippen LogP contribution in [0, 0.1) is 5.92 Å². The predicted molar refractivity (Wildman–Crippen MR) is 153 cm³/mol. The summed E-state index contributed by atoms with van der Waals surface area (Å²) < 4.78 is 18.1. The number of hydrogen-bond donors (Lipinski definition) is 1. The Kier molecular flexibility index (Phi) is 7.20. The molecule has 3 heterocycles. The monoisotopic (exact) mass is 567 g/mol. The van der Waals surface area contributed by atoms with Gasteiger partial charge in [0.05, 0.1) is 19.3 Å². The Bertz CT molecular complexity index is 1350. The fourth-order valence-electron chi connectivity index (χ4n) is 6.12. The maximum Gasteiger partial charge on any atom is 0.254 e. The smallest absolute Gasteiger partial charge is 0.254 e. The molecule has 0 bridgehead atoms. The Morgan fingerprint density at radius 2 is 2.00 bits per heavy atom. The summed E-state index contributed by atoms with van der Waals surface area (Å²) in [5.41, 5.74) is 2.20. The van der Waals surface area contributed by atoms with E-state index in [4.69, 9.17) is 30.8 Å². The maximum atomic E-state index is 14.1. The molecule has 0 radical (unpaired) electrons. The van der Waals surface area contributed by atoms with Gasteiger partial charge in [-0.3, -0.25) is 4.79 Å². The van der Waals surface area contributed by atoms with Gasteiger partial charge in [-0.15, -0.1) is 11.3 Å². The van der Waals surface area contributed by atoms with E-state index in [0.717, 1.165) is 17.0 Å². The van der Waals surface area contributed by atoms with Crippen LogP contribution in [0.25, 0.3) is 10.6 Å². The highest BCUT2D eigenvalue weighted by atomic mass is 35.5. The van der Waals surface area contributed by atoms with E-state index in [-0.39, 0.29) is 11.9 Å². The number of carbonyl (C=O) groups is 1. The van der Waals surface area contributed by atoms with Gasteiger partial charge in [-0.2, -0.15) is 0 Å². The summed E-state index contributed by atoms with van der Waals surface area (Å²) in [6.45, 7) is 4.55. The molecule has 1 saturated carbocycles. The first kappa shape index (κ1) is 26.4. The van der Waals surface area contributed by atoms with Crippen molar-refractivity contribution in [3.05, 3.63) is 58.1 Å². The minimum Gasteiger partial charge on any atom is -0.493 e. The standard InChI is InChI=1S/C30H34ClN3O4S/c1-30(2)37-25-15-20(14-24(36-3)26(25)38-30)29(35)34(16-21-13-19-11-7-8-12-22(19)32-21)17-23-27(31)39-28(33-23)18-9-5-4-6-10-18/h4-6,9-10,14-15,19,21-22,32H,7-8,11-13,16-17H2,1-3H3/t19-,21-,22-/m0/s1. The highest BCUT2D eigenvalue weighted by Gasteiger charge is 2.38. The summed E-state index contributed by atoms with van der Waals surface area (Å²) in [5.74, 6) is 1.23. The van der Waals surface area contributed by atoms with E-state index in [2.05, 4.69) is 5.32 Å². The van der Waals surface area contributed by atoms with Crippen molar-refractivity contribution in [3.63, 3.8) is 0 Å². The van der Waals surface area contributed by atoms with Crippen LogP contribution in [0.5, 0.6) is 17.2 Å². The molecule has 0 unspecified atom stereocenters. The first-order valence-corrected chi connectivity index (χ1v) is 14.8. The molecule has 2 aliphatic heterocycles. The van der Waals surface area contributed by atoms with Crippen molar-refractivity contribution in [1.82, 2.24) is 15.2 Å². The maximum absolute atomic E-state index is 14.1. The zero-order valence-electron chi connectivity index (χ0n) is 22.5. The lowest BCUT2D eigenvalue weighted by atomic mass is 9.85. The first-order chi connectivity index (χ1) is 18.8. The fraction of sp³-hybridized carbons (Fsp3) is 0.467. The van der Waals surface area contributed by atoms with Crippen LogP contribution in [-0.4, -0.2) is 47.3 Å². The van der Waals surface area contributed by atoms with E-state index in [1.807, 2.05) is 49.1 Å². The van der Waals surface area contributed by atoms with E-state index < -0.39 is 5.79 Å². The lowest BCUT2D eigenvalue weighted by Crippen LogP contribution is -2.42. The van der Waals surface area contributed by atoms with Gasteiger partial charge in [0.15, 0.2) is 11.5 Å². The van der Waals surface area contributed by atoms with Gasteiger partial charge in [0.1, 0.15) is 9.34 Å². The number of rotatable bonds is 7. The Morgan fingerprint density at radius 1 is 1.21 bits per heavy atom. The molecule has 1 aliphatic carbocycles. The number of hydrogen-bond acceptors (Lipinski definition) is 7. The Labute approximate surface area is 238 Å². The molecule has 1 saturated heterocycles. The fourth-order valence-corrected chi connectivity index (χ4v) is 7.24. The average Bonchev–Trinajstić information content (AvgIpc) is 3.60. The Balaban J connectivity index is 1.30. The Morgan fingerprint density at radius 3 is 2.77 bits per heavy atom. The molecule has 3 aromatic rings. The van der Waals surface area contributed by atoms with Gasteiger partial charge in [-0.05, 0) is 37.3 Å². The third-order valence-corrected chi connectivity index (χ3v) is 9.26. The number of nitrogens with zero attached hydrogens (tertiary/aromatic N) is 2. The minimum atomic E-state index is -0.830. The molecular weight excluding hydrogens is 534 g/mol. The van der Waals surface area contributed by atoms with Gasteiger partial charge >= 0.3 is 0 Å². The summed E-state index contributed by atoms with van der Waals surface area (Å²) in [4.78, 5) is 20.9. The second-order valence-electron chi connectivity index (χ2n) is 11.2. The average molecular weight is 568 g/mol. The lowest BCUT2D eigenvalue weighted by Gasteiger charge is -2.26. The third-order valence-electron chi connectivity index (χ3n) is 7.88. The van der Waals surface area contributed by atoms with E-state index in [1.165, 1.54) is 37.0 Å². The SMILES string of the molecule is COc1cc(C(=O)N(Cc2nc(-c3ccccc3)sc2Cl)C[C@@H]2C[C@@H]3CCCC[C@@H]3N2)cc2c1OC(C)(C)O2. The van der Waals surface area contributed by atoms with Gasteiger partial charge in [-0.1, -0.05) is 54.8 Å². The molecule has 1 aromatic heterocycles. The van der Waals surface area contributed by atoms with Crippen LogP contribution in [0.2, 0.25) is 4.34 Å². The molecule has 3 atom stereocenters. The molecule has 9 heteroatoms. The van der Waals surface area contributed by atoms with E-state index in [0.29, 0.717) is 57.9 Å². The van der Waals surface area contributed by atoms with Crippen LogP contribution in [0.3, 0.4) is 0 Å². The minimum absolute atomic E-state index is 0.119. The van der Waals surface area contributed by atoms with Crippen LogP contribution < -0.4 is 19.5 Å². The van der Waals surface area contributed by atoms with Crippen molar-refractivity contribution in [2.75, 3.05) is 13.7 Å². The number of methoxy groups -OCH3 is 1. The van der Waals surface area contributed by atoms with Gasteiger partial charge in [0.2, 0.25) is 11.5 Å². The number of carbonyl (C=O) groups excluding carboxylic acids is 1. The summed E-state index contributed by atoms with van der Waals surface area (Å²) in [7, 11) is 1.57.